The minimum Gasteiger partial charge on any atom is -0.508 e. The van der Waals surface area contributed by atoms with Gasteiger partial charge in [0.05, 0.1) is 23.2 Å². The molecule has 6 heteroatoms. The van der Waals surface area contributed by atoms with E-state index in [0.29, 0.717) is 22.6 Å². The van der Waals surface area contributed by atoms with E-state index < -0.39 is 11.3 Å². The third-order valence-corrected chi connectivity index (χ3v) is 8.56. The summed E-state index contributed by atoms with van der Waals surface area (Å²) >= 11 is 0. The molecule has 2 heterocycles. The van der Waals surface area contributed by atoms with Gasteiger partial charge in [-0.15, -0.1) is 29.3 Å². The Labute approximate surface area is 300 Å². The van der Waals surface area contributed by atoms with Crippen LogP contribution in [-0.4, -0.2) is 19.6 Å². The van der Waals surface area contributed by atoms with Gasteiger partial charge in [-0.2, -0.15) is 0 Å². The number of phenols is 1. The molecule has 6 aromatic rings. The Bertz CT molecular complexity index is 2200. The maximum absolute atomic E-state index is 12.1. The number of benzene rings is 4. The van der Waals surface area contributed by atoms with E-state index in [2.05, 4.69) is 41.2 Å². The number of imidazole rings is 1. The normalized spacial score (nSPS) is 12.4. The Morgan fingerprint density at radius 3 is 2.15 bits per heavy atom. The topological polar surface area (TPSA) is 55.3 Å². The molecule has 5 nitrogen and oxygen atoms in total. The zero-order valence-electron chi connectivity index (χ0n) is 29.7. The zero-order valence-corrected chi connectivity index (χ0v) is 31.0. The number of aromatic nitrogens is 3. The predicted octanol–water partition coefficient (Wildman–Crippen LogP) is 11.2. The Morgan fingerprint density at radius 2 is 1.54 bits per heavy atom. The second-order valence-corrected chi connectivity index (χ2v) is 14.3. The van der Waals surface area contributed by atoms with Crippen LogP contribution in [0.3, 0.4) is 0 Å². The van der Waals surface area contributed by atoms with Gasteiger partial charge >= 0.3 is 0 Å². The molecule has 0 fully saturated rings. The number of aromatic hydroxyl groups is 1. The van der Waals surface area contributed by atoms with E-state index in [1.807, 2.05) is 120 Å². The molecule has 0 amide bonds. The van der Waals surface area contributed by atoms with Crippen LogP contribution in [0.4, 0.5) is 5.69 Å². The van der Waals surface area contributed by atoms with Crippen molar-refractivity contribution >= 4 is 16.7 Å². The number of nitrogens with zero attached hydrogens (tertiary/aromatic N) is 4. The van der Waals surface area contributed by atoms with Gasteiger partial charge in [-0.05, 0) is 46.6 Å². The van der Waals surface area contributed by atoms with Gasteiger partial charge in [0.2, 0.25) is 0 Å². The summed E-state index contributed by atoms with van der Waals surface area (Å²) in [6, 6.07) is 31.5. The van der Waals surface area contributed by atoms with Crippen molar-refractivity contribution in [1.29, 1.82) is 0 Å². The molecule has 0 unspecified atom stereocenters. The summed E-state index contributed by atoms with van der Waals surface area (Å²) in [6.45, 7) is 24.3. The molecule has 6 rings (SSSR count). The first-order valence-electron chi connectivity index (χ1n) is 16.4. The maximum Gasteiger partial charge on any atom is 0.198 e. The van der Waals surface area contributed by atoms with Crippen LogP contribution < -0.4 is 0 Å². The van der Waals surface area contributed by atoms with Crippen LogP contribution in [-0.2, 0) is 31.9 Å². The SMILES string of the molecule is [2H]C(C)(C)c1cc(-c2ccccn2)[c-]c(-c2cccc3c2nc(-c2cc(C(C)(C)C)c([N+]#[C-])c(C(C)(C)C)c2O)n3-c2ccccc2)c1.[Pt]. The number of fused-ring (bicyclic) bond motifs is 1. The summed E-state index contributed by atoms with van der Waals surface area (Å²) in [7, 11) is 0. The second kappa shape index (κ2) is 13.2. The van der Waals surface area contributed by atoms with Gasteiger partial charge < -0.3 is 5.11 Å². The summed E-state index contributed by atoms with van der Waals surface area (Å²) in [5.41, 5.74) is 8.26. The fraction of sp³-hybridized carbons (Fsp3) is 0.262. The molecule has 0 aliphatic carbocycles. The first-order chi connectivity index (χ1) is 22.6. The van der Waals surface area contributed by atoms with E-state index >= 15 is 0 Å². The largest absolute Gasteiger partial charge is 0.508 e. The van der Waals surface area contributed by atoms with Crippen molar-refractivity contribution in [2.75, 3.05) is 0 Å². The molecular formula is C42H41N4OPt-. The van der Waals surface area contributed by atoms with Crippen LogP contribution in [0.25, 0.3) is 55.3 Å². The molecule has 0 atom stereocenters. The summed E-state index contributed by atoms with van der Waals surface area (Å²) in [4.78, 5) is 13.9. The van der Waals surface area contributed by atoms with Crippen molar-refractivity contribution in [3.8, 4) is 45.2 Å². The third-order valence-electron chi connectivity index (χ3n) is 8.56. The smallest absolute Gasteiger partial charge is 0.198 e. The molecule has 48 heavy (non-hydrogen) atoms. The average molecular weight is 814 g/mol. The molecule has 4 aromatic carbocycles. The molecule has 0 spiro atoms. The van der Waals surface area contributed by atoms with Crippen LogP contribution in [0.5, 0.6) is 5.75 Å². The van der Waals surface area contributed by atoms with E-state index in [9.17, 15) is 5.11 Å². The fourth-order valence-electron chi connectivity index (χ4n) is 6.23. The standard InChI is InChI=1S/C42H41N4O.Pt/c1-26(2)27-22-28(24-29(23-27)34-19-13-14-21-44-34)31-18-15-20-35-37(31)45-40(46(35)30-16-11-10-12-17-30)32-25-33(41(3,4)5)38(43-9)36(39(32)47)42(6,7)8;/h10-23,25-26,47H,1-8H3;/q-1;/i26D;. The van der Waals surface area contributed by atoms with Gasteiger partial charge in [-0.1, -0.05) is 115 Å². The van der Waals surface area contributed by atoms with Crippen molar-refractivity contribution in [3.63, 3.8) is 0 Å². The number of hydrogen-bond donors (Lipinski definition) is 1. The fourth-order valence-corrected chi connectivity index (χ4v) is 6.23. The number of phenolic OH excluding ortho intramolecular Hbond substituents is 1. The second-order valence-electron chi connectivity index (χ2n) is 14.3. The van der Waals surface area contributed by atoms with Crippen LogP contribution in [0.15, 0.2) is 91.1 Å². The minimum atomic E-state index is -0.862. The Morgan fingerprint density at radius 1 is 0.854 bits per heavy atom. The molecule has 0 radical (unpaired) electrons. The first kappa shape index (κ1) is 33.4. The molecule has 2 aromatic heterocycles. The van der Waals surface area contributed by atoms with Crippen LogP contribution in [0.1, 0.15) is 79.3 Å². The number of hydrogen-bond acceptors (Lipinski definition) is 3. The first-order valence-corrected chi connectivity index (χ1v) is 15.9. The van der Waals surface area contributed by atoms with Gasteiger partial charge in [0.15, 0.2) is 5.69 Å². The summed E-state index contributed by atoms with van der Waals surface area (Å²) in [5.74, 6) is -0.216. The molecule has 0 saturated carbocycles. The van der Waals surface area contributed by atoms with Crippen molar-refractivity contribution < 1.29 is 27.5 Å². The van der Waals surface area contributed by atoms with Crippen LogP contribution >= 0.6 is 0 Å². The quantitative estimate of drug-likeness (QED) is 0.176. The van der Waals surface area contributed by atoms with Crippen LogP contribution in [0, 0.1) is 12.6 Å². The van der Waals surface area contributed by atoms with Gasteiger partial charge in [0, 0.05) is 45.6 Å². The Balaban J connectivity index is 0.00000468. The molecule has 246 valence electrons. The minimum absolute atomic E-state index is 0. The van der Waals surface area contributed by atoms with Gasteiger partial charge in [-0.3, -0.25) is 9.55 Å². The average Bonchev–Trinajstić information content (AvgIpc) is 3.43. The van der Waals surface area contributed by atoms with E-state index in [1.54, 1.807) is 6.20 Å². The van der Waals surface area contributed by atoms with Crippen molar-refractivity contribution in [2.24, 2.45) is 0 Å². The molecular weight excluding hydrogens is 772 g/mol. The third kappa shape index (κ3) is 6.35. The summed E-state index contributed by atoms with van der Waals surface area (Å²) in [5, 5.41) is 12.1. The Hall–Kier alpha value is -4.52. The molecule has 1 N–H and O–H groups in total. The molecule has 0 saturated heterocycles. The monoisotopic (exact) mass is 813 g/mol. The van der Waals surface area contributed by atoms with Crippen molar-refractivity contribution in [1.82, 2.24) is 14.5 Å². The zero-order chi connectivity index (χ0) is 34.6. The molecule has 0 bridgehead atoms. The van der Waals surface area contributed by atoms with Gasteiger partial charge in [-0.25, -0.2) is 9.83 Å². The maximum atomic E-state index is 12.1. The van der Waals surface area contributed by atoms with E-state index in [-0.39, 0.29) is 32.2 Å². The van der Waals surface area contributed by atoms with Gasteiger partial charge in [0.25, 0.3) is 0 Å². The number of rotatable bonds is 5. The molecule has 0 aliphatic rings. The number of para-hydroxylation sites is 2. The molecule has 0 aliphatic heterocycles. The van der Waals surface area contributed by atoms with E-state index in [4.69, 9.17) is 12.9 Å². The summed E-state index contributed by atoms with van der Waals surface area (Å²) < 4.78 is 11.0. The predicted molar refractivity (Wildman–Crippen MR) is 193 cm³/mol. The van der Waals surface area contributed by atoms with Crippen LogP contribution in [0.2, 0.25) is 0 Å². The Kier molecular flexibility index (Phi) is 9.16. The van der Waals surface area contributed by atoms with E-state index in [1.165, 1.54) is 0 Å². The van der Waals surface area contributed by atoms with E-state index in [0.717, 1.165) is 50.2 Å². The van der Waals surface area contributed by atoms with Gasteiger partial charge in [0.1, 0.15) is 11.6 Å². The number of pyridine rings is 1. The summed E-state index contributed by atoms with van der Waals surface area (Å²) in [6.07, 6.45) is 1.76. The van der Waals surface area contributed by atoms with Crippen molar-refractivity contribution in [2.45, 2.75) is 72.1 Å². The van der Waals surface area contributed by atoms with Crippen molar-refractivity contribution in [3.05, 3.63) is 125 Å².